The third-order valence-corrected chi connectivity index (χ3v) is 1.38. The lowest BCUT2D eigenvalue weighted by molar-refractivity contribution is -0.148. The van der Waals surface area contributed by atoms with Crippen LogP contribution in [0.15, 0.2) is 0 Å². The Morgan fingerprint density at radius 3 is 2.10 bits per heavy atom. The molecule has 1 unspecified atom stereocenters. The van der Waals surface area contributed by atoms with Crippen LogP contribution >= 0.6 is 0 Å². The highest BCUT2D eigenvalue weighted by molar-refractivity contribution is 5.97. The summed E-state index contributed by atoms with van der Waals surface area (Å²) in [5.41, 5.74) is 0. The maximum Gasteiger partial charge on any atom is 0.316 e. The molecule has 0 aromatic heterocycles. The van der Waals surface area contributed by atoms with Gasteiger partial charge < -0.3 is 4.74 Å². The molecule has 0 radical (unpaired) electrons. The largest absolute Gasteiger partial charge is 0.468 e. The molecule has 0 heterocycles. The molecule has 0 bridgehead atoms. The predicted octanol–water partition coefficient (Wildman–Crippen LogP) is 0.775. The van der Waals surface area contributed by atoms with E-state index in [-0.39, 0.29) is 5.78 Å². The molecule has 3 nitrogen and oxygen atoms in total. The van der Waals surface area contributed by atoms with Crippen LogP contribution in [0, 0.1) is 5.92 Å². The number of ketones is 1. The molecular weight excluding hydrogens is 133 g/mol. The van der Waals surface area contributed by atoms with Gasteiger partial charge in [0.1, 0.15) is 11.7 Å². The Morgan fingerprint density at radius 2 is 2.00 bits per heavy atom. The molecule has 1 atom stereocenters. The van der Waals surface area contributed by atoms with Crippen molar-refractivity contribution in [1.29, 1.82) is 0 Å². The minimum atomic E-state index is -0.565. The summed E-state index contributed by atoms with van der Waals surface area (Å²) in [7, 11) is 1.29. The summed E-state index contributed by atoms with van der Waals surface area (Å²) in [6.07, 6.45) is 0.516. The van der Waals surface area contributed by atoms with Crippen LogP contribution in [0.5, 0.6) is 0 Å². The fraction of sp³-hybridized carbons (Fsp3) is 0.714. The highest BCUT2D eigenvalue weighted by atomic mass is 16.5. The van der Waals surface area contributed by atoms with E-state index in [0.29, 0.717) is 6.42 Å². The molecule has 0 aromatic rings. The second kappa shape index (κ2) is 4.04. The van der Waals surface area contributed by atoms with Gasteiger partial charge in [-0.05, 0) is 13.3 Å². The number of carbonyl (C=O) groups is 2. The van der Waals surface area contributed by atoms with Crippen LogP contribution in [-0.4, -0.2) is 18.9 Å². The summed E-state index contributed by atoms with van der Waals surface area (Å²) >= 11 is 0. The zero-order chi connectivity index (χ0) is 8.15. The Morgan fingerprint density at radius 1 is 1.50 bits per heavy atom. The van der Waals surface area contributed by atoms with Gasteiger partial charge in [-0.3, -0.25) is 9.59 Å². The van der Waals surface area contributed by atoms with E-state index in [2.05, 4.69) is 4.74 Å². The van der Waals surface area contributed by atoms with Crippen molar-refractivity contribution >= 4 is 11.8 Å². The van der Waals surface area contributed by atoms with Crippen LogP contribution < -0.4 is 0 Å². The zero-order valence-electron chi connectivity index (χ0n) is 6.51. The first-order valence-corrected chi connectivity index (χ1v) is 3.21. The Labute approximate surface area is 60.4 Å². The van der Waals surface area contributed by atoms with E-state index in [1.807, 2.05) is 0 Å². The summed E-state index contributed by atoms with van der Waals surface area (Å²) in [5.74, 6) is -1.13. The average Bonchev–Trinajstić information content (AvgIpc) is 1.88. The van der Waals surface area contributed by atoms with Gasteiger partial charge >= 0.3 is 5.97 Å². The third-order valence-electron chi connectivity index (χ3n) is 1.38. The summed E-state index contributed by atoms with van der Waals surface area (Å²) in [6.45, 7) is 3.17. The van der Waals surface area contributed by atoms with Gasteiger partial charge in [-0.25, -0.2) is 0 Å². The molecule has 0 saturated carbocycles. The number of rotatable bonds is 3. The molecule has 0 aromatic carbocycles. The van der Waals surface area contributed by atoms with Gasteiger partial charge in [-0.2, -0.15) is 0 Å². The van der Waals surface area contributed by atoms with Gasteiger partial charge in [0.2, 0.25) is 0 Å². The van der Waals surface area contributed by atoms with E-state index >= 15 is 0 Å². The highest BCUT2D eigenvalue weighted by Gasteiger charge is 2.20. The molecule has 0 saturated heterocycles. The second-order valence-corrected chi connectivity index (χ2v) is 2.09. The number of methoxy groups -OCH3 is 1. The van der Waals surface area contributed by atoms with Crippen molar-refractivity contribution in [3.63, 3.8) is 0 Å². The molecule has 58 valence electrons. The first-order valence-electron chi connectivity index (χ1n) is 3.21. The number of hydrogen-bond donors (Lipinski definition) is 0. The summed E-state index contributed by atoms with van der Waals surface area (Å²) in [6, 6.07) is 0. The molecule has 0 rings (SSSR count). The van der Waals surface area contributed by atoms with Gasteiger partial charge in [-0.1, -0.05) is 6.92 Å². The molecule has 0 fully saturated rings. The van der Waals surface area contributed by atoms with Crippen molar-refractivity contribution < 1.29 is 14.3 Å². The van der Waals surface area contributed by atoms with E-state index < -0.39 is 11.9 Å². The Kier molecular flexibility index (Phi) is 3.69. The quantitative estimate of drug-likeness (QED) is 0.335. The summed E-state index contributed by atoms with van der Waals surface area (Å²) in [5, 5.41) is 0. The molecule has 3 heteroatoms. The normalized spacial score (nSPS) is 12.3. The van der Waals surface area contributed by atoms with Crippen molar-refractivity contribution in [3.05, 3.63) is 0 Å². The number of hydrogen-bond acceptors (Lipinski definition) is 3. The molecule has 10 heavy (non-hydrogen) atoms. The number of carbonyl (C=O) groups excluding carboxylic acids is 2. The van der Waals surface area contributed by atoms with Crippen molar-refractivity contribution in [1.82, 2.24) is 0 Å². The van der Waals surface area contributed by atoms with Crippen LogP contribution in [-0.2, 0) is 14.3 Å². The Balaban J connectivity index is 4.06. The van der Waals surface area contributed by atoms with Crippen LogP contribution in [0.2, 0.25) is 0 Å². The lowest BCUT2D eigenvalue weighted by atomic mass is 10.1. The molecule has 0 aliphatic rings. The average molecular weight is 145 g/mol. The monoisotopic (exact) mass is 145 g/mol. The smallest absolute Gasteiger partial charge is 0.316 e. The Bertz CT molecular complexity index is 140. The van der Waals surface area contributed by atoms with Gasteiger partial charge in [0.15, 0.2) is 0 Å². The van der Waals surface area contributed by atoms with Crippen LogP contribution in [0.25, 0.3) is 0 Å². The standard InChI is InChI=1S/C7H12O3/c1-4-6(5(2)8)7(9)10-3/h6H,4H2,1-3H3/i1+1. The van der Waals surface area contributed by atoms with E-state index in [1.165, 1.54) is 14.0 Å². The highest BCUT2D eigenvalue weighted by Crippen LogP contribution is 2.05. The molecule has 0 N–H and O–H groups in total. The molecule has 0 aliphatic heterocycles. The molecule has 0 amide bonds. The summed E-state index contributed by atoms with van der Waals surface area (Å²) < 4.78 is 4.40. The van der Waals surface area contributed by atoms with Gasteiger partial charge in [0, 0.05) is 0 Å². The first kappa shape index (κ1) is 9.14. The van der Waals surface area contributed by atoms with Crippen LogP contribution in [0.1, 0.15) is 20.3 Å². The topological polar surface area (TPSA) is 43.4 Å². The predicted molar refractivity (Wildman–Crippen MR) is 36.5 cm³/mol. The lowest BCUT2D eigenvalue weighted by Crippen LogP contribution is -2.22. The van der Waals surface area contributed by atoms with E-state index in [0.717, 1.165) is 0 Å². The Hall–Kier alpha value is -0.860. The number of esters is 1. The van der Waals surface area contributed by atoms with Crippen LogP contribution in [0.4, 0.5) is 0 Å². The SMILES string of the molecule is COC(=O)C(C[13CH3])C(C)=O. The molecule has 0 aliphatic carbocycles. The zero-order valence-corrected chi connectivity index (χ0v) is 6.51. The minimum Gasteiger partial charge on any atom is -0.468 e. The van der Waals surface area contributed by atoms with Gasteiger partial charge in [0.25, 0.3) is 0 Å². The molecule has 0 spiro atoms. The second-order valence-electron chi connectivity index (χ2n) is 2.09. The van der Waals surface area contributed by atoms with Crippen molar-refractivity contribution in [3.8, 4) is 0 Å². The van der Waals surface area contributed by atoms with E-state index in [4.69, 9.17) is 0 Å². The molecular formula is C7H12O3. The third kappa shape index (κ3) is 2.17. The summed E-state index contributed by atoms with van der Waals surface area (Å²) in [4.78, 5) is 21.4. The van der Waals surface area contributed by atoms with Crippen molar-refractivity contribution in [2.24, 2.45) is 5.92 Å². The first-order chi connectivity index (χ1) is 4.63. The van der Waals surface area contributed by atoms with Crippen molar-refractivity contribution in [2.75, 3.05) is 7.11 Å². The maximum atomic E-state index is 10.7. The van der Waals surface area contributed by atoms with Gasteiger partial charge in [0.05, 0.1) is 7.11 Å². The van der Waals surface area contributed by atoms with Crippen molar-refractivity contribution in [2.45, 2.75) is 20.3 Å². The fourth-order valence-electron chi connectivity index (χ4n) is 0.762. The fourth-order valence-corrected chi connectivity index (χ4v) is 0.762. The van der Waals surface area contributed by atoms with Gasteiger partial charge in [-0.15, -0.1) is 0 Å². The maximum absolute atomic E-state index is 10.7. The lowest BCUT2D eigenvalue weighted by Gasteiger charge is -2.06. The van der Waals surface area contributed by atoms with E-state index in [9.17, 15) is 9.59 Å². The minimum absolute atomic E-state index is 0.130. The number of ether oxygens (including phenoxy) is 1. The number of Topliss-reactive ketones (excluding diaryl/α,β-unsaturated/α-hetero) is 1. The van der Waals surface area contributed by atoms with E-state index in [1.54, 1.807) is 6.92 Å². The van der Waals surface area contributed by atoms with Crippen LogP contribution in [0.3, 0.4) is 0 Å².